The molecule has 1 N–H and O–H groups in total. The number of aliphatic carboxylic acids is 1. The maximum Gasteiger partial charge on any atom is 0.310 e. The molecule has 0 atom stereocenters. The lowest BCUT2D eigenvalue weighted by Crippen LogP contribution is -2.49. The largest absolute Gasteiger partial charge is 0.481 e. The Morgan fingerprint density at radius 3 is 2.44 bits per heavy atom. The minimum atomic E-state index is -0.820. The van der Waals surface area contributed by atoms with Gasteiger partial charge in [-0.1, -0.05) is 6.42 Å². The summed E-state index contributed by atoms with van der Waals surface area (Å²) in [6.45, 7) is 3.25. The molecule has 0 unspecified atom stereocenters. The van der Waals surface area contributed by atoms with Crippen LogP contribution in [0.2, 0.25) is 0 Å². The van der Waals surface area contributed by atoms with Gasteiger partial charge in [0.1, 0.15) is 0 Å². The van der Waals surface area contributed by atoms with Crippen molar-refractivity contribution in [2.24, 2.45) is 5.41 Å². The van der Waals surface area contributed by atoms with Crippen LogP contribution in [-0.2, 0) is 9.59 Å². The summed E-state index contributed by atoms with van der Waals surface area (Å²) in [5.41, 5.74) is 0.0864. The van der Waals surface area contributed by atoms with Crippen LogP contribution >= 0.6 is 0 Å². The zero-order chi connectivity index (χ0) is 18.0. The van der Waals surface area contributed by atoms with Crippen LogP contribution in [0, 0.1) is 12.3 Å². The maximum atomic E-state index is 12.5. The molecule has 1 aromatic rings. The standard InChI is InChI=1S/C18H26N4O3/c1-13-4-5-15(20-19-13)21(2)14-6-10-22(11-7-14)16(23)12-18(17(24)25)8-3-9-18/h4-5,14H,3,6-12H2,1-2H3,(H,24,25). The molecule has 1 aromatic heterocycles. The molecular formula is C18H26N4O3. The van der Waals surface area contributed by atoms with Crippen LogP contribution < -0.4 is 4.90 Å². The minimum Gasteiger partial charge on any atom is -0.481 e. The lowest BCUT2D eigenvalue weighted by atomic mass is 9.66. The Bertz CT molecular complexity index is 634. The first-order valence-electron chi connectivity index (χ1n) is 8.96. The van der Waals surface area contributed by atoms with Gasteiger partial charge in [0, 0.05) is 32.6 Å². The summed E-state index contributed by atoms with van der Waals surface area (Å²) in [5, 5.41) is 17.7. The van der Waals surface area contributed by atoms with E-state index in [1.54, 1.807) is 0 Å². The van der Waals surface area contributed by atoms with Crippen LogP contribution in [-0.4, -0.2) is 58.3 Å². The van der Waals surface area contributed by atoms with E-state index in [1.807, 2.05) is 31.0 Å². The second-order valence-electron chi connectivity index (χ2n) is 7.37. The second kappa shape index (κ2) is 6.98. The molecule has 1 saturated carbocycles. The van der Waals surface area contributed by atoms with Crippen molar-refractivity contribution in [1.82, 2.24) is 15.1 Å². The normalized spacial score (nSPS) is 20.0. The zero-order valence-corrected chi connectivity index (χ0v) is 14.9. The number of piperidine rings is 1. The summed E-state index contributed by atoms with van der Waals surface area (Å²) < 4.78 is 0. The molecule has 1 amide bonds. The third kappa shape index (κ3) is 3.60. The van der Waals surface area contributed by atoms with Gasteiger partial charge in [-0.05, 0) is 44.7 Å². The number of carbonyl (C=O) groups is 2. The van der Waals surface area contributed by atoms with Gasteiger partial charge >= 0.3 is 5.97 Å². The molecule has 1 aliphatic heterocycles. The smallest absolute Gasteiger partial charge is 0.310 e. The molecule has 1 saturated heterocycles. The lowest BCUT2D eigenvalue weighted by molar-refractivity contribution is -0.159. The van der Waals surface area contributed by atoms with E-state index in [9.17, 15) is 14.7 Å². The van der Waals surface area contributed by atoms with Crippen LogP contribution in [0.1, 0.15) is 44.2 Å². The van der Waals surface area contributed by atoms with E-state index in [0.29, 0.717) is 32.0 Å². The number of nitrogens with zero attached hydrogens (tertiary/aromatic N) is 4. The minimum absolute atomic E-state index is 0.0154. The first kappa shape index (κ1) is 17.6. The average molecular weight is 346 g/mol. The molecule has 0 bridgehead atoms. The number of amides is 1. The highest BCUT2D eigenvalue weighted by molar-refractivity contribution is 5.85. The van der Waals surface area contributed by atoms with Crippen LogP contribution in [0.3, 0.4) is 0 Å². The summed E-state index contributed by atoms with van der Waals surface area (Å²) >= 11 is 0. The van der Waals surface area contributed by atoms with Gasteiger partial charge in [0.2, 0.25) is 5.91 Å². The van der Waals surface area contributed by atoms with Gasteiger partial charge in [-0.15, -0.1) is 5.10 Å². The molecule has 1 aliphatic carbocycles. The summed E-state index contributed by atoms with van der Waals surface area (Å²) in [5.74, 6) is 0.00710. The number of likely N-dealkylation sites (tertiary alicyclic amines) is 1. The average Bonchev–Trinajstić information content (AvgIpc) is 2.58. The SMILES string of the molecule is Cc1ccc(N(C)C2CCN(C(=O)CC3(C(=O)O)CCC3)CC2)nn1. The molecular weight excluding hydrogens is 320 g/mol. The Balaban J connectivity index is 1.53. The molecule has 136 valence electrons. The summed E-state index contributed by atoms with van der Waals surface area (Å²) in [4.78, 5) is 27.9. The van der Waals surface area contributed by atoms with E-state index in [0.717, 1.165) is 30.8 Å². The zero-order valence-electron chi connectivity index (χ0n) is 14.9. The van der Waals surface area contributed by atoms with Gasteiger partial charge in [-0.3, -0.25) is 9.59 Å². The van der Waals surface area contributed by atoms with E-state index in [-0.39, 0.29) is 12.3 Å². The predicted octanol–water partition coefficient (Wildman–Crippen LogP) is 1.86. The Labute approximate surface area is 148 Å². The number of rotatable bonds is 5. The van der Waals surface area contributed by atoms with Crippen LogP contribution in [0.25, 0.3) is 0 Å². The highest BCUT2D eigenvalue weighted by Gasteiger charge is 2.46. The number of aryl methyl sites for hydroxylation is 1. The van der Waals surface area contributed by atoms with E-state index < -0.39 is 11.4 Å². The van der Waals surface area contributed by atoms with Crippen molar-refractivity contribution in [2.75, 3.05) is 25.0 Å². The molecule has 7 heteroatoms. The first-order chi connectivity index (χ1) is 11.9. The second-order valence-corrected chi connectivity index (χ2v) is 7.37. The first-order valence-corrected chi connectivity index (χ1v) is 8.96. The van der Waals surface area contributed by atoms with Gasteiger partial charge in [-0.25, -0.2) is 0 Å². The van der Waals surface area contributed by atoms with E-state index in [1.165, 1.54) is 0 Å². The summed E-state index contributed by atoms with van der Waals surface area (Å²) in [7, 11) is 2.01. The van der Waals surface area contributed by atoms with Gasteiger partial charge in [0.15, 0.2) is 5.82 Å². The van der Waals surface area contributed by atoms with Gasteiger partial charge in [-0.2, -0.15) is 5.10 Å². The number of carboxylic acids is 1. The summed E-state index contributed by atoms with van der Waals surface area (Å²) in [6, 6.07) is 4.23. The van der Waals surface area contributed by atoms with E-state index in [2.05, 4.69) is 15.1 Å². The quantitative estimate of drug-likeness (QED) is 0.876. The monoisotopic (exact) mass is 346 g/mol. The van der Waals surface area contributed by atoms with E-state index >= 15 is 0 Å². The Hall–Kier alpha value is -2.18. The molecule has 2 fully saturated rings. The number of aromatic nitrogens is 2. The van der Waals surface area contributed by atoms with Crippen molar-refractivity contribution in [1.29, 1.82) is 0 Å². The molecule has 25 heavy (non-hydrogen) atoms. The van der Waals surface area contributed by atoms with Crippen molar-refractivity contribution < 1.29 is 14.7 Å². The maximum absolute atomic E-state index is 12.5. The molecule has 2 heterocycles. The number of hydrogen-bond donors (Lipinski definition) is 1. The fourth-order valence-electron chi connectivity index (χ4n) is 3.74. The Morgan fingerprint density at radius 2 is 1.96 bits per heavy atom. The molecule has 0 aromatic carbocycles. The number of anilines is 1. The molecule has 3 rings (SSSR count). The Kier molecular flexibility index (Phi) is 4.92. The summed E-state index contributed by atoms with van der Waals surface area (Å²) in [6.07, 6.45) is 4.02. The third-order valence-electron chi connectivity index (χ3n) is 5.76. The van der Waals surface area contributed by atoms with Crippen molar-refractivity contribution in [3.05, 3.63) is 17.8 Å². The number of carboxylic acid groups (broad SMARTS) is 1. The lowest BCUT2D eigenvalue weighted by Gasteiger charge is -2.41. The van der Waals surface area contributed by atoms with Gasteiger partial charge in [0.25, 0.3) is 0 Å². The van der Waals surface area contributed by atoms with E-state index in [4.69, 9.17) is 0 Å². The molecule has 0 radical (unpaired) electrons. The van der Waals surface area contributed by atoms with Gasteiger partial charge < -0.3 is 14.9 Å². The highest BCUT2D eigenvalue weighted by atomic mass is 16.4. The number of hydrogen-bond acceptors (Lipinski definition) is 5. The number of carbonyl (C=O) groups excluding carboxylic acids is 1. The van der Waals surface area contributed by atoms with Crippen molar-refractivity contribution in [2.45, 2.75) is 51.5 Å². The fourth-order valence-corrected chi connectivity index (χ4v) is 3.74. The molecule has 0 spiro atoms. The van der Waals surface area contributed by atoms with Crippen molar-refractivity contribution in [3.63, 3.8) is 0 Å². The van der Waals surface area contributed by atoms with Crippen LogP contribution in [0.5, 0.6) is 0 Å². The highest BCUT2D eigenvalue weighted by Crippen LogP contribution is 2.44. The fraction of sp³-hybridized carbons (Fsp3) is 0.667. The third-order valence-corrected chi connectivity index (χ3v) is 5.76. The van der Waals surface area contributed by atoms with Crippen molar-refractivity contribution >= 4 is 17.7 Å². The molecule has 7 nitrogen and oxygen atoms in total. The van der Waals surface area contributed by atoms with Crippen molar-refractivity contribution in [3.8, 4) is 0 Å². The topological polar surface area (TPSA) is 86.6 Å². The van der Waals surface area contributed by atoms with Crippen LogP contribution in [0.15, 0.2) is 12.1 Å². The van der Waals surface area contributed by atoms with Crippen LogP contribution in [0.4, 0.5) is 5.82 Å². The molecule has 2 aliphatic rings. The van der Waals surface area contributed by atoms with Gasteiger partial charge in [0.05, 0.1) is 11.1 Å². The Morgan fingerprint density at radius 1 is 1.28 bits per heavy atom. The predicted molar refractivity (Wildman–Crippen MR) is 93.3 cm³/mol.